The first-order chi connectivity index (χ1) is 14.4. The van der Waals surface area contributed by atoms with Gasteiger partial charge in [0.05, 0.1) is 23.2 Å². The largest absolute Gasteiger partial charge is 0.331 e. The molecule has 154 valence electrons. The number of aryl methyl sites for hydroxylation is 2. The number of hydrogen-bond acceptors (Lipinski definition) is 7. The van der Waals surface area contributed by atoms with Gasteiger partial charge >= 0.3 is 5.69 Å². The van der Waals surface area contributed by atoms with Crippen LogP contribution in [0.1, 0.15) is 18.2 Å². The molecule has 1 amide bonds. The first kappa shape index (κ1) is 20.2. The zero-order valence-electron chi connectivity index (χ0n) is 16.6. The number of benzene rings is 1. The number of carbonyl (C=O) groups is 1. The Balaban J connectivity index is 1.54. The molecular formula is C20H19N5O3S2. The van der Waals surface area contributed by atoms with E-state index < -0.39 is 11.2 Å². The van der Waals surface area contributed by atoms with Gasteiger partial charge in [-0.25, -0.2) is 9.78 Å². The Kier molecular flexibility index (Phi) is 5.35. The third-order valence-electron chi connectivity index (χ3n) is 4.88. The molecule has 3 aromatic heterocycles. The molecule has 0 unspecified atom stereocenters. The predicted molar refractivity (Wildman–Crippen MR) is 119 cm³/mol. The molecule has 4 rings (SSSR count). The Morgan fingerprint density at radius 3 is 2.57 bits per heavy atom. The Morgan fingerprint density at radius 1 is 1.13 bits per heavy atom. The number of anilines is 1. The van der Waals surface area contributed by atoms with Crippen molar-refractivity contribution in [2.75, 3.05) is 5.32 Å². The summed E-state index contributed by atoms with van der Waals surface area (Å²) in [6, 6.07) is 8.16. The van der Waals surface area contributed by atoms with Crippen molar-refractivity contribution in [1.82, 2.24) is 18.5 Å². The molecule has 0 bridgehead atoms. The molecule has 0 aliphatic carbocycles. The van der Waals surface area contributed by atoms with Gasteiger partial charge in [0.15, 0.2) is 5.13 Å². The maximum atomic E-state index is 12.5. The molecule has 0 aliphatic rings. The maximum absolute atomic E-state index is 12.5. The topological polar surface area (TPSA) is 98.9 Å². The molecule has 0 aliphatic heterocycles. The second kappa shape index (κ2) is 7.96. The lowest BCUT2D eigenvalue weighted by atomic mass is 10.1. The van der Waals surface area contributed by atoms with Crippen LogP contribution in [0, 0.1) is 0 Å². The molecule has 0 fully saturated rings. The van der Waals surface area contributed by atoms with Crippen molar-refractivity contribution in [3.05, 3.63) is 61.7 Å². The zero-order valence-corrected chi connectivity index (χ0v) is 18.3. The number of thiazole rings is 1. The molecule has 0 saturated heterocycles. The van der Waals surface area contributed by atoms with Gasteiger partial charge < -0.3 is 5.32 Å². The SMILES string of the molecule is CCc1ccc(-c2csc(NC(=O)Cc3nsc4c3c(=O)n(C)c(=O)n4C)n2)cc1. The maximum Gasteiger partial charge on any atom is 0.331 e. The summed E-state index contributed by atoms with van der Waals surface area (Å²) < 4.78 is 6.63. The van der Waals surface area contributed by atoms with Crippen molar-refractivity contribution in [3.8, 4) is 11.3 Å². The first-order valence-corrected chi connectivity index (χ1v) is 10.9. The normalized spacial score (nSPS) is 11.2. The van der Waals surface area contributed by atoms with Crippen molar-refractivity contribution in [2.24, 2.45) is 14.1 Å². The number of amides is 1. The summed E-state index contributed by atoms with van der Waals surface area (Å²) >= 11 is 2.37. The highest BCUT2D eigenvalue weighted by Crippen LogP contribution is 2.26. The van der Waals surface area contributed by atoms with E-state index in [0.29, 0.717) is 21.0 Å². The molecule has 0 radical (unpaired) electrons. The third-order valence-corrected chi connectivity index (χ3v) is 6.60. The lowest BCUT2D eigenvalue weighted by Gasteiger charge is -2.04. The molecule has 0 atom stereocenters. The van der Waals surface area contributed by atoms with Crippen LogP contribution in [0.2, 0.25) is 0 Å². The van der Waals surface area contributed by atoms with E-state index in [1.165, 1.54) is 28.5 Å². The molecule has 0 saturated carbocycles. The second-order valence-electron chi connectivity index (χ2n) is 6.83. The van der Waals surface area contributed by atoms with E-state index in [9.17, 15) is 14.4 Å². The number of nitrogens with one attached hydrogen (secondary N) is 1. The van der Waals surface area contributed by atoms with Crippen LogP contribution < -0.4 is 16.6 Å². The van der Waals surface area contributed by atoms with Gasteiger partial charge in [0.1, 0.15) is 4.83 Å². The fraction of sp³-hybridized carbons (Fsp3) is 0.250. The number of fused-ring (bicyclic) bond motifs is 1. The van der Waals surface area contributed by atoms with Crippen molar-refractivity contribution < 1.29 is 4.79 Å². The Bertz CT molecular complexity index is 1360. The van der Waals surface area contributed by atoms with E-state index in [2.05, 4.69) is 33.7 Å². The summed E-state index contributed by atoms with van der Waals surface area (Å²) in [5, 5.41) is 5.45. The van der Waals surface area contributed by atoms with Gasteiger partial charge in [-0.1, -0.05) is 31.2 Å². The molecule has 1 aromatic carbocycles. The van der Waals surface area contributed by atoms with E-state index >= 15 is 0 Å². The van der Waals surface area contributed by atoms with Crippen molar-refractivity contribution >= 4 is 44.1 Å². The van der Waals surface area contributed by atoms with Crippen LogP contribution in [0.25, 0.3) is 21.5 Å². The highest BCUT2D eigenvalue weighted by molar-refractivity contribution is 7.14. The molecule has 8 nitrogen and oxygen atoms in total. The van der Waals surface area contributed by atoms with Gasteiger partial charge in [0, 0.05) is 25.0 Å². The van der Waals surface area contributed by atoms with Gasteiger partial charge in [-0.15, -0.1) is 11.3 Å². The minimum Gasteiger partial charge on any atom is -0.302 e. The van der Waals surface area contributed by atoms with E-state index in [1.54, 1.807) is 7.05 Å². The smallest absolute Gasteiger partial charge is 0.302 e. The predicted octanol–water partition coefficient (Wildman–Crippen LogP) is 2.56. The van der Waals surface area contributed by atoms with E-state index in [4.69, 9.17) is 0 Å². The molecule has 1 N–H and O–H groups in total. The number of hydrogen-bond donors (Lipinski definition) is 1. The summed E-state index contributed by atoms with van der Waals surface area (Å²) in [6.45, 7) is 2.10. The van der Waals surface area contributed by atoms with E-state index in [1.807, 2.05) is 17.5 Å². The first-order valence-electron chi connectivity index (χ1n) is 9.28. The summed E-state index contributed by atoms with van der Waals surface area (Å²) in [5.74, 6) is -0.319. The fourth-order valence-corrected chi connectivity index (χ4v) is 4.72. The highest BCUT2D eigenvalue weighted by atomic mass is 32.1. The van der Waals surface area contributed by atoms with Crippen LogP contribution in [-0.4, -0.2) is 24.4 Å². The Labute approximate surface area is 179 Å². The molecular weight excluding hydrogens is 422 g/mol. The van der Waals surface area contributed by atoms with E-state index in [-0.39, 0.29) is 12.3 Å². The summed E-state index contributed by atoms with van der Waals surface area (Å²) in [4.78, 5) is 42.0. The van der Waals surface area contributed by atoms with Crippen LogP contribution in [-0.2, 0) is 31.7 Å². The third kappa shape index (κ3) is 3.59. The van der Waals surface area contributed by atoms with E-state index in [0.717, 1.165) is 33.8 Å². The van der Waals surface area contributed by atoms with Crippen LogP contribution in [0.15, 0.2) is 39.2 Å². The van der Waals surface area contributed by atoms with Crippen molar-refractivity contribution in [1.29, 1.82) is 0 Å². The Hall–Kier alpha value is -3.11. The average molecular weight is 442 g/mol. The number of nitrogens with zero attached hydrogens (tertiary/aromatic N) is 4. The number of aromatic nitrogens is 4. The van der Waals surface area contributed by atoms with Gasteiger partial charge in [-0.2, -0.15) is 4.37 Å². The van der Waals surface area contributed by atoms with Crippen LogP contribution in [0.4, 0.5) is 5.13 Å². The summed E-state index contributed by atoms with van der Waals surface area (Å²) in [5.41, 5.74) is 2.52. The summed E-state index contributed by atoms with van der Waals surface area (Å²) in [7, 11) is 2.99. The van der Waals surface area contributed by atoms with Crippen LogP contribution in [0.5, 0.6) is 0 Å². The minimum atomic E-state index is -0.447. The van der Waals surface area contributed by atoms with Crippen molar-refractivity contribution in [3.63, 3.8) is 0 Å². The lowest BCUT2D eigenvalue weighted by Crippen LogP contribution is -2.36. The number of carbonyl (C=O) groups excluding carboxylic acids is 1. The number of rotatable bonds is 5. The molecule has 0 spiro atoms. The standard InChI is InChI=1S/C20H19N5O3S2/c1-4-11-5-7-12(8-6-11)14-10-29-19(21-14)22-15(26)9-13-16-17(27)24(2)20(28)25(3)18(16)30-23-13/h5-8,10H,4,9H2,1-3H3,(H,21,22,26). The average Bonchev–Trinajstić information content (AvgIpc) is 3.38. The van der Waals surface area contributed by atoms with Gasteiger partial charge in [0.2, 0.25) is 5.91 Å². The Morgan fingerprint density at radius 2 is 1.87 bits per heavy atom. The lowest BCUT2D eigenvalue weighted by molar-refractivity contribution is -0.115. The summed E-state index contributed by atoms with van der Waals surface area (Å²) in [6.07, 6.45) is 0.898. The van der Waals surface area contributed by atoms with Crippen molar-refractivity contribution in [2.45, 2.75) is 19.8 Å². The molecule has 4 aromatic rings. The molecule has 3 heterocycles. The highest BCUT2D eigenvalue weighted by Gasteiger charge is 2.19. The quantitative estimate of drug-likeness (QED) is 0.513. The van der Waals surface area contributed by atoms with Gasteiger partial charge in [-0.3, -0.25) is 18.7 Å². The van der Waals surface area contributed by atoms with Crippen LogP contribution in [0.3, 0.4) is 0 Å². The van der Waals surface area contributed by atoms with Gasteiger partial charge in [-0.05, 0) is 23.5 Å². The van der Waals surface area contributed by atoms with Crippen LogP contribution >= 0.6 is 22.9 Å². The minimum absolute atomic E-state index is 0.0758. The zero-order chi connectivity index (χ0) is 21.4. The second-order valence-corrected chi connectivity index (χ2v) is 8.44. The fourth-order valence-electron chi connectivity index (χ4n) is 3.13. The molecule has 10 heteroatoms. The monoisotopic (exact) mass is 441 g/mol. The van der Waals surface area contributed by atoms with Gasteiger partial charge in [0.25, 0.3) is 5.56 Å². The molecule has 30 heavy (non-hydrogen) atoms.